The van der Waals surface area contributed by atoms with E-state index >= 15 is 0 Å². The van der Waals surface area contributed by atoms with E-state index in [1.54, 1.807) is 0 Å². The monoisotopic (exact) mass is 271 g/mol. The first kappa shape index (κ1) is 13.8. The number of aryl methyl sites for hydroxylation is 1. The fraction of sp³-hybridized carbons (Fsp3) is 0.611. The molecule has 2 heteroatoms. The summed E-state index contributed by atoms with van der Waals surface area (Å²) in [4.78, 5) is 14.9. The van der Waals surface area contributed by atoms with Gasteiger partial charge in [0, 0.05) is 11.5 Å². The van der Waals surface area contributed by atoms with Crippen molar-refractivity contribution in [2.24, 2.45) is 11.8 Å². The van der Waals surface area contributed by atoms with E-state index in [9.17, 15) is 4.79 Å². The molecule has 0 heterocycles. The maximum atomic E-state index is 12.5. The number of carbonyl (C=O) groups is 1. The molecule has 0 radical (unpaired) electrons. The number of carbonyl (C=O) groups excluding carboxylic acids is 1. The molecule has 0 saturated heterocycles. The average Bonchev–Trinajstić information content (AvgIpc) is 3.29. The number of nitrogens with zero attached hydrogens (tertiary/aromatic N) is 1. The Morgan fingerprint density at radius 2 is 1.85 bits per heavy atom. The highest BCUT2D eigenvalue weighted by Crippen LogP contribution is 2.32. The summed E-state index contributed by atoms with van der Waals surface area (Å²) in [5.74, 6) is 1.62. The molecule has 2 aliphatic carbocycles. The van der Waals surface area contributed by atoms with Crippen molar-refractivity contribution < 1.29 is 4.79 Å². The van der Waals surface area contributed by atoms with E-state index < -0.39 is 0 Å². The van der Waals surface area contributed by atoms with E-state index in [4.69, 9.17) is 0 Å². The molecule has 0 N–H and O–H groups in total. The molecule has 0 aromatic heterocycles. The highest BCUT2D eigenvalue weighted by Gasteiger charge is 2.27. The highest BCUT2D eigenvalue weighted by atomic mass is 16.1. The van der Waals surface area contributed by atoms with Gasteiger partial charge >= 0.3 is 0 Å². The van der Waals surface area contributed by atoms with Gasteiger partial charge in [0.25, 0.3) is 0 Å². The number of hydrogen-bond donors (Lipinski definition) is 0. The summed E-state index contributed by atoms with van der Waals surface area (Å²) < 4.78 is 0. The largest absolute Gasteiger partial charge is 0.306 e. The molecule has 1 aromatic carbocycles. The van der Waals surface area contributed by atoms with E-state index in [0.717, 1.165) is 37.3 Å². The molecule has 1 aromatic rings. The van der Waals surface area contributed by atoms with Crippen LogP contribution in [0.2, 0.25) is 0 Å². The second-order valence-corrected chi connectivity index (χ2v) is 6.58. The molecule has 1 unspecified atom stereocenters. The van der Waals surface area contributed by atoms with Crippen molar-refractivity contribution in [2.45, 2.75) is 38.5 Å². The zero-order chi connectivity index (χ0) is 13.9. The lowest BCUT2D eigenvalue weighted by atomic mass is 9.81. The van der Waals surface area contributed by atoms with Crippen LogP contribution in [0.1, 0.15) is 48.0 Å². The third-order valence-electron chi connectivity index (χ3n) is 4.89. The SMILES string of the molecule is CN(CCC1CC1)CCC1CCc2ccccc2C1=O. The Balaban J connectivity index is 1.49. The first-order valence-electron chi connectivity index (χ1n) is 8.04. The molecule has 0 bridgehead atoms. The zero-order valence-electron chi connectivity index (χ0n) is 12.5. The Morgan fingerprint density at radius 3 is 2.65 bits per heavy atom. The maximum absolute atomic E-state index is 12.5. The van der Waals surface area contributed by atoms with Gasteiger partial charge in [0.15, 0.2) is 5.78 Å². The lowest BCUT2D eigenvalue weighted by Crippen LogP contribution is -2.28. The van der Waals surface area contributed by atoms with Crippen molar-refractivity contribution in [3.05, 3.63) is 35.4 Å². The van der Waals surface area contributed by atoms with Crippen LogP contribution >= 0.6 is 0 Å². The lowest BCUT2D eigenvalue weighted by molar-refractivity contribution is 0.0886. The second-order valence-electron chi connectivity index (χ2n) is 6.58. The Bertz CT molecular complexity index is 478. The van der Waals surface area contributed by atoms with E-state index in [-0.39, 0.29) is 5.92 Å². The predicted molar refractivity (Wildman–Crippen MR) is 82.0 cm³/mol. The van der Waals surface area contributed by atoms with Gasteiger partial charge in [-0.1, -0.05) is 37.1 Å². The molecular formula is C18H25NO. The molecule has 0 aliphatic heterocycles. The van der Waals surface area contributed by atoms with E-state index in [2.05, 4.69) is 18.0 Å². The molecule has 3 rings (SSSR count). The Labute approximate surface area is 122 Å². The van der Waals surface area contributed by atoms with Crippen LogP contribution in [0.25, 0.3) is 0 Å². The third-order valence-corrected chi connectivity index (χ3v) is 4.89. The first-order valence-corrected chi connectivity index (χ1v) is 8.04. The minimum absolute atomic E-state index is 0.244. The quantitative estimate of drug-likeness (QED) is 0.788. The summed E-state index contributed by atoms with van der Waals surface area (Å²) in [7, 11) is 2.20. The molecule has 2 nitrogen and oxygen atoms in total. The van der Waals surface area contributed by atoms with Crippen molar-refractivity contribution in [1.82, 2.24) is 4.90 Å². The number of fused-ring (bicyclic) bond motifs is 1. The van der Waals surface area contributed by atoms with Gasteiger partial charge in [-0.25, -0.2) is 0 Å². The van der Waals surface area contributed by atoms with Gasteiger partial charge in [-0.05, 0) is 57.3 Å². The van der Waals surface area contributed by atoms with Gasteiger partial charge in [-0.2, -0.15) is 0 Å². The summed E-state index contributed by atoms with van der Waals surface area (Å²) in [5.41, 5.74) is 2.22. The van der Waals surface area contributed by atoms with E-state index in [1.807, 2.05) is 18.2 Å². The molecule has 2 aliphatic rings. The molecule has 0 spiro atoms. The Hall–Kier alpha value is -1.15. The lowest BCUT2D eigenvalue weighted by Gasteiger charge is -2.25. The van der Waals surface area contributed by atoms with Crippen LogP contribution in [-0.4, -0.2) is 30.8 Å². The van der Waals surface area contributed by atoms with Crippen molar-refractivity contribution in [3.8, 4) is 0 Å². The van der Waals surface area contributed by atoms with Crippen molar-refractivity contribution in [1.29, 1.82) is 0 Å². The molecular weight excluding hydrogens is 246 g/mol. The summed E-state index contributed by atoms with van der Waals surface area (Å²) in [5, 5.41) is 0. The molecule has 20 heavy (non-hydrogen) atoms. The van der Waals surface area contributed by atoms with Gasteiger partial charge < -0.3 is 4.90 Å². The zero-order valence-corrected chi connectivity index (χ0v) is 12.5. The van der Waals surface area contributed by atoms with Crippen LogP contribution < -0.4 is 0 Å². The molecule has 0 amide bonds. The smallest absolute Gasteiger partial charge is 0.166 e. The first-order chi connectivity index (χ1) is 9.74. The fourth-order valence-electron chi connectivity index (χ4n) is 3.23. The summed E-state index contributed by atoms with van der Waals surface area (Å²) in [6, 6.07) is 8.13. The maximum Gasteiger partial charge on any atom is 0.166 e. The minimum Gasteiger partial charge on any atom is -0.306 e. The number of rotatable bonds is 6. The number of benzene rings is 1. The van der Waals surface area contributed by atoms with Crippen LogP contribution in [0.5, 0.6) is 0 Å². The van der Waals surface area contributed by atoms with Gasteiger partial charge in [-0.15, -0.1) is 0 Å². The van der Waals surface area contributed by atoms with Gasteiger partial charge in [-0.3, -0.25) is 4.79 Å². The third kappa shape index (κ3) is 3.29. The highest BCUT2D eigenvalue weighted by molar-refractivity contribution is 6.00. The van der Waals surface area contributed by atoms with Gasteiger partial charge in [0.05, 0.1) is 0 Å². The van der Waals surface area contributed by atoms with Crippen molar-refractivity contribution in [3.63, 3.8) is 0 Å². The molecule has 108 valence electrons. The minimum atomic E-state index is 0.244. The second kappa shape index (κ2) is 6.09. The Morgan fingerprint density at radius 1 is 1.10 bits per heavy atom. The van der Waals surface area contributed by atoms with Crippen LogP contribution in [0.15, 0.2) is 24.3 Å². The summed E-state index contributed by atoms with van der Waals surface area (Å²) in [6.45, 7) is 2.26. The molecule has 1 fully saturated rings. The van der Waals surface area contributed by atoms with E-state index in [0.29, 0.717) is 5.78 Å². The normalized spacial score (nSPS) is 22.1. The van der Waals surface area contributed by atoms with Crippen LogP contribution in [-0.2, 0) is 6.42 Å². The molecule has 1 atom stereocenters. The standard InChI is InChI=1S/C18H25NO/c1-19(12-10-14-6-7-14)13-11-16-9-8-15-4-2-3-5-17(15)18(16)20/h2-5,14,16H,6-13H2,1H3. The summed E-state index contributed by atoms with van der Waals surface area (Å²) in [6.07, 6.45) is 7.34. The predicted octanol–water partition coefficient (Wildman–Crippen LogP) is 3.55. The number of Topliss-reactive ketones (excluding diaryl/α,β-unsaturated/α-hetero) is 1. The van der Waals surface area contributed by atoms with Gasteiger partial charge in [0.2, 0.25) is 0 Å². The topological polar surface area (TPSA) is 20.3 Å². The van der Waals surface area contributed by atoms with Crippen LogP contribution in [0.3, 0.4) is 0 Å². The molecule has 1 saturated carbocycles. The Kier molecular flexibility index (Phi) is 4.21. The van der Waals surface area contributed by atoms with Crippen LogP contribution in [0, 0.1) is 11.8 Å². The number of hydrogen-bond acceptors (Lipinski definition) is 2. The summed E-state index contributed by atoms with van der Waals surface area (Å²) >= 11 is 0. The van der Waals surface area contributed by atoms with Gasteiger partial charge in [0.1, 0.15) is 0 Å². The van der Waals surface area contributed by atoms with Crippen LogP contribution in [0.4, 0.5) is 0 Å². The van der Waals surface area contributed by atoms with E-state index in [1.165, 1.54) is 31.4 Å². The van der Waals surface area contributed by atoms with Crippen molar-refractivity contribution >= 4 is 5.78 Å². The van der Waals surface area contributed by atoms with Crippen molar-refractivity contribution in [2.75, 3.05) is 20.1 Å². The average molecular weight is 271 g/mol. The fourth-order valence-corrected chi connectivity index (χ4v) is 3.23. The number of ketones is 1.